The molecular weight excluding hydrogens is 154 g/mol. The van der Waals surface area contributed by atoms with E-state index in [1.165, 1.54) is 0 Å². The SMILES string of the molecule is CC(N)CN1CCN(C=O)CC1. The standard InChI is InChI=1S/C8H17N3O/c1-8(9)6-10-2-4-11(7-12)5-3-10/h7-8H,2-6,9H2,1H3. The molecule has 1 atom stereocenters. The summed E-state index contributed by atoms with van der Waals surface area (Å²) in [6.45, 7) is 6.55. The van der Waals surface area contributed by atoms with Gasteiger partial charge in [-0.05, 0) is 6.92 Å². The van der Waals surface area contributed by atoms with Crippen LogP contribution < -0.4 is 5.73 Å². The van der Waals surface area contributed by atoms with Crippen LogP contribution in [0.25, 0.3) is 0 Å². The van der Waals surface area contributed by atoms with E-state index in [0.717, 1.165) is 39.1 Å². The van der Waals surface area contributed by atoms with Crippen LogP contribution in [0.5, 0.6) is 0 Å². The second kappa shape index (κ2) is 4.42. The molecule has 4 heteroatoms. The van der Waals surface area contributed by atoms with Gasteiger partial charge in [-0.25, -0.2) is 0 Å². The monoisotopic (exact) mass is 171 g/mol. The van der Waals surface area contributed by atoms with Crippen molar-refractivity contribution in [2.75, 3.05) is 32.7 Å². The minimum Gasteiger partial charge on any atom is -0.343 e. The molecule has 4 nitrogen and oxygen atoms in total. The first-order chi connectivity index (χ1) is 5.72. The van der Waals surface area contributed by atoms with Gasteiger partial charge < -0.3 is 10.6 Å². The van der Waals surface area contributed by atoms with Crippen molar-refractivity contribution in [3.05, 3.63) is 0 Å². The molecule has 1 heterocycles. The molecule has 1 aliphatic heterocycles. The molecule has 0 bridgehead atoms. The summed E-state index contributed by atoms with van der Waals surface area (Å²) in [6.07, 6.45) is 0.920. The molecule has 1 unspecified atom stereocenters. The summed E-state index contributed by atoms with van der Waals surface area (Å²) in [6, 6.07) is 0.229. The molecule has 0 aromatic heterocycles. The lowest BCUT2D eigenvalue weighted by molar-refractivity contribution is -0.119. The molecule has 0 aromatic rings. The topological polar surface area (TPSA) is 49.6 Å². The summed E-state index contributed by atoms with van der Waals surface area (Å²) < 4.78 is 0. The summed E-state index contributed by atoms with van der Waals surface area (Å²) in [5.74, 6) is 0. The van der Waals surface area contributed by atoms with Gasteiger partial charge in [0.1, 0.15) is 0 Å². The van der Waals surface area contributed by atoms with Crippen molar-refractivity contribution >= 4 is 6.41 Å². The molecule has 0 spiro atoms. The highest BCUT2D eigenvalue weighted by Crippen LogP contribution is 1.99. The van der Waals surface area contributed by atoms with Gasteiger partial charge in [0.25, 0.3) is 0 Å². The van der Waals surface area contributed by atoms with E-state index >= 15 is 0 Å². The number of hydrogen-bond acceptors (Lipinski definition) is 3. The molecule has 1 fully saturated rings. The highest BCUT2D eigenvalue weighted by atomic mass is 16.1. The van der Waals surface area contributed by atoms with E-state index in [1.54, 1.807) is 4.90 Å². The van der Waals surface area contributed by atoms with Gasteiger partial charge in [-0.15, -0.1) is 0 Å². The summed E-state index contributed by atoms with van der Waals surface area (Å²) in [7, 11) is 0. The predicted octanol–water partition coefficient (Wildman–Crippen LogP) is -0.892. The summed E-state index contributed by atoms with van der Waals surface area (Å²) in [5, 5.41) is 0. The van der Waals surface area contributed by atoms with Gasteiger partial charge in [0.05, 0.1) is 0 Å². The molecule has 0 radical (unpaired) electrons. The van der Waals surface area contributed by atoms with Crippen molar-refractivity contribution in [3.8, 4) is 0 Å². The van der Waals surface area contributed by atoms with Crippen LogP contribution >= 0.6 is 0 Å². The summed E-state index contributed by atoms with van der Waals surface area (Å²) in [4.78, 5) is 14.5. The Morgan fingerprint density at radius 2 is 2.00 bits per heavy atom. The van der Waals surface area contributed by atoms with Crippen LogP contribution in [-0.2, 0) is 4.79 Å². The van der Waals surface area contributed by atoms with E-state index in [9.17, 15) is 4.79 Å². The average Bonchev–Trinajstić information content (AvgIpc) is 2.05. The molecule has 0 saturated carbocycles. The lowest BCUT2D eigenvalue weighted by Crippen LogP contribution is -2.48. The van der Waals surface area contributed by atoms with Gasteiger partial charge in [0, 0.05) is 38.8 Å². The quantitative estimate of drug-likeness (QED) is 0.560. The Labute approximate surface area is 73.3 Å². The molecule has 1 amide bonds. The highest BCUT2D eigenvalue weighted by molar-refractivity contribution is 5.47. The number of rotatable bonds is 3. The Morgan fingerprint density at radius 1 is 1.42 bits per heavy atom. The van der Waals surface area contributed by atoms with E-state index in [4.69, 9.17) is 5.73 Å². The van der Waals surface area contributed by atoms with Crippen molar-refractivity contribution in [1.82, 2.24) is 9.80 Å². The zero-order valence-electron chi connectivity index (χ0n) is 7.57. The first-order valence-electron chi connectivity index (χ1n) is 4.39. The van der Waals surface area contributed by atoms with E-state index in [-0.39, 0.29) is 6.04 Å². The fraction of sp³-hybridized carbons (Fsp3) is 0.875. The van der Waals surface area contributed by atoms with Crippen LogP contribution in [-0.4, -0.2) is 55.0 Å². The largest absolute Gasteiger partial charge is 0.343 e. The first kappa shape index (κ1) is 9.48. The van der Waals surface area contributed by atoms with Crippen LogP contribution in [0.1, 0.15) is 6.92 Å². The van der Waals surface area contributed by atoms with Crippen molar-refractivity contribution < 1.29 is 4.79 Å². The highest BCUT2D eigenvalue weighted by Gasteiger charge is 2.15. The van der Waals surface area contributed by atoms with Crippen molar-refractivity contribution in [2.45, 2.75) is 13.0 Å². The predicted molar refractivity (Wildman–Crippen MR) is 47.7 cm³/mol. The van der Waals surface area contributed by atoms with Crippen LogP contribution in [0.15, 0.2) is 0 Å². The van der Waals surface area contributed by atoms with Crippen LogP contribution in [0.3, 0.4) is 0 Å². The minimum atomic E-state index is 0.229. The van der Waals surface area contributed by atoms with Gasteiger partial charge in [-0.2, -0.15) is 0 Å². The molecule has 0 aromatic carbocycles. The Bertz CT molecular complexity index is 141. The Balaban J connectivity index is 2.21. The fourth-order valence-electron chi connectivity index (χ4n) is 1.46. The molecule has 0 aliphatic carbocycles. The van der Waals surface area contributed by atoms with Crippen LogP contribution in [0, 0.1) is 0 Å². The lowest BCUT2D eigenvalue weighted by Gasteiger charge is -2.33. The molecule has 1 aliphatic rings. The van der Waals surface area contributed by atoms with Crippen LogP contribution in [0.2, 0.25) is 0 Å². The number of carbonyl (C=O) groups is 1. The summed E-state index contributed by atoms with van der Waals surface area (Å²) in [5.41, 5.74) is 5.67. The van der Waals surface area contributed by atoms with Gasteiger partial charge in [-0.3, -0.25) is 9.69 Å². The lowest BCUT2D eigenvalue weighted by atomic mass is 10.3. The van der Waals surface area contributed by atoms with Gasteiger partial charge >= 0.3 is 0 Å². The van der Waals surface area contributed by atoms with E-state index in [1.807, 2.05) is 6.92 Å². The molecule has 70 valence electrons. The second-order valence-electron chi connectivity index (χ2n) is 3.42. The summed E-state index contributed by atoms with van der Waals surface area (Å²) >= 11 is 0. The minimum absolute atomic E-state index is 0.229. The number of carbonyl (C=O) groups excluding carboxylic acids is 1. The molecule has 1 rings (SSSR count). The van der Waals surface area contributed by atoms with Crippen molar-refractivity contribution in [1.29, 1.82) is 0 Å². The Morgan fingerprint density at radius 3 is 2.42 bits per heavy atom. The smallest absolute Gasteiger partial charge is 0.209 e. The molecule has 1 saturated heterocycles. The molecule has 2 N–H and O–H groups in total. The van der Waals surface area contributed by atoms with Crippen molar-refractivity contribution in [3.63, 3.8) is 0 Å². The maximum absolute atomic E-state index is 10.4. The third kappa shape index (κ3) is 2.79. The molecule has 12 heavy (non-hydrogen) atoms. The third-order valence-corrected chi connectivity index (χ3v) is 2.10. The average molecular weight is 171 g/mol. The van der Waals surface area contributed by atoms with E-state index in [2.05, 4.69) is 4.90 Å². The zero-order valence-corrected chi connectivity index (χ0v) is 7.57. The van der Waals surface area contributed by atoms with Gasteiger partial charge in [0.15, 0.2) is 0 Å². The van der Waals surface area contributed by atoms with Crippen LogP contribution in [0.4, 0.5) is 0 Å². The number of amides is 1. The van der Waals surface area contributed by atoms with E-state index < -0.39 is 0 Å². The Kier molecular flexibility index (Phi) is 3.49. The normalized spacial score (nSPS) is 22.3. The number of piperazine rings is 1. The van der Waals surface area contributed by atoms with Gasteiger partial charge in [-0.1, -0.05) is 0 Å². The van der Waals surface area contributed by atoms with Crippen molar-refractivity contribution in [2.24, 2.45) is 5.73 Å². The fourth-order valence-corrected chi connectivity index (χ4v) is 1.46. The van der Waals surface area contributed by atoms with Gasteiger partial charge in [0.2, 0.25) is 6.41 Å². The third-order valence-electron chi connectivity index (χ3n) is 2.10. The number of nitrogens with zero attached hydrogens (tertiary/aromatic N) is 2. The number of nitrogens with two attached hydrogens (primary N) is 1. The molecular formula is C8H17N3O. The maximum Gasteiger partial charge on any atom is 0.209 e. The van der Waals surface area contributed by atoms with E-state index in [0.29, 0.717) is 0 Å². The number of hydrogen-bond donors (Lipinski definition) is 1. The Hall–Kier alpha value is -0.610. The first-order valence-corrected chi connectivity index (χ1v) is 4.39. The second-order valence-corrected chi connectivity index (χ2v) is 3.42. The zero-order chi connectivity index (χ0) is 8.97. The maximum atomic E-state index is 10.4.